The summed E-state index contributed by atoms with van der Waals surface area (Å²) in [6.45, 7) is 1.49. The predicted molar refractivity (Wildman–Crippen MR) is 120 cm³/mol. The van der Waals surface area contributed by atoms with E-state index in [9.17, 15) is 4.79 Å². The van der Waals surface area contributed by atoms with Gasteiger partial charge in [-0.15, -0.1) is 22.7 Å². The first kappa shape index (κ1) is 19.3. The Labute approximate surface area is 181 Å². The van der Waals surface area contributed by atoms with Crippen LogP contribution in [0.5, 0.6) is 11.5 Å². The maximum absolute atomic E-state index is 12.8. The summed E-state index contributed by atoms with van der Waals surface area (Å²) < 4.78 is 10.7. The number of H-pyrrole nitrogens is 1. The van der Waals surface area contributed by atoms with Crippen LogP contribution in [0.25, 0.3) is 10.9 Å². The van der Waals surface area contributed by atoms with E-state index < -0.39 is 0 Å². The van der Waals surface area contributed by atoms with Crippen molar-refractivity contribution in [3.63, 3.8) is 0 Å². The lowest BCUT2D eigenvalue weighted by Gasteiger charge is -2.35. The summed E-state index contributed by atoms with van der Waals surface area (Å²) in [5, 5.41) is 4.78. The zero-order valence-electron chi connectivity index (χ0n) is 16.7. The van der Waals surface area contributed by atoms with Crippen molar-refractivity contribution in [3.8, 4) is 11.5 Å². The summed E-state index contributed by atoms with van der Waals surface area (Å²) in [6, 6.07) is 10.1. The van der Waals surface area contributed by atoms with Crippen LogP contribution in [-0.2, 0) is 13.0 Å². The molecular formula is C22H21N3O3S2. The molecule has 0 spiro atoms. The Morgan fingerprint density at radius 2 is 2.00 bits per heavy atom. The number of fused-ring (bicyclic) bond motifs is 2. The van der Waals surface area contributed by atoms with Crippen molar-refractivity contribution >= 4 is 33.6 Å². The lowest BCUT2D eigenvalue weighted by atomic mass is 9.98. The van der Waals surface area contributed by atoms with Crippen molar-refractivity contribution in [3.05, 3.63) is 72.6 Å². The quantitative estimate of drug-likeness (QED) is 0.505. The molecule has 4 heterocycles. The first-order valence-corrected chi connectivity index (χ1v) is 11.4. The van der Waals surface area contributed by atoms with Crippen LogP contribution in [0, 0.1) is 0 Å². The van der Waals surface area contributed by atoms with E-state index in [-0.39, 0.29) is 11.6 Å². The van der Waals surface area contributed by atoms with Crippen molar-refractivity contribution < 1.29 is 9.47 Å². The number of rotatable bonds is 5. The van der Waals surface area contributed by atoms with E-state index in [1.165, 1.54) is 15.3 Å². The highest BCUT2D eigenvalue weighted by molar-refractivity contribution is 7.10. The fraction of sp³-hybridized carbons (Fsp3) is 0.273. The van der Waals surface area contributed by atoms with Crippen LogP contribution in [0.3, 0.4) is 0 Å². The van der Waals surface area contributed by atoms with Gasteiger partial charge in [-0.2, -0.15) is 0 Å². The number of nitrogens with zero attached hydrogens (tertiary/aromatic N) is 2. The number of aromatic nitrogens is 2. The second-order valence-corrected chi connectivity index (χ2v) is 9.15. The number of benzene rings is 1. The minimum Gasteiger partial charge on any atom is -0.493 e. The normalized spacial score (nSPS) is 16.5. The van der Waals surface area contributed by atoms with Crippen LogP contribution in [-0.4, -0.2) is 35.6 Å². The Morgan fingerprint density at radius 1 is 1.17 bits per heavy atom. The molecule has 1 aliphatic heterocycles. The first-order chi connectivity index (χ1) is 14.7. The number of ether oxygens (including phenoxy) is 2. The molecule has 154 valence electrons. The average Bonchev–Trinajstić information content (AvgIpc) is 3.45. The molecule has 0 amide bonds. The maximum Gasteiger partial charge on any atom is 0.258 e. The summed E-state index contributed by atoms with van der Waals surface area (Å²) >= 11 is 3.59. The van der Waals surface area contributed by atoms with Gasteiger partial charge in [-0.05, 0) is 40.9 Å². The van der Waals surface area contributed by atoms with Gasteiger partial charge in [-0.1, -0.05) is 6.07 Å². The molecule has 3 aromatic heterocycles. The number of hydrogen-bond donors (Lipinski definition) is 1. The summed E-state index contributed by atoms with van der Waals surface area (Å²) in [7, 11) is 3.13. The molecule has 0 aliphatic carbocycles. The van der Waals surface area contributed by atoms with Crippen molar-refractivity contribution in [2.24, 2.45) is 0 Å². The molecule has 30 heavy (non-hydrogen) atoms. The number of methoxy groups -OCH3 is 2. The van der Waals surface area contributed by atoms with E-state index in [4.69, 9.17) is 14.5 Å². The topological polar surface area (TPSA) is 67.5 Å². The van der Waals surface area contributed by atoms with Gasteiger partial charge in [0.15, 0.2) is 11.5 Å². The molecular weight excluding hydrogens is 418 g/mol. The number of thiophene rings is 2. The van der Waals surface area contributed by atoms with Gasteiger partial charge in [0.2, 0.25) is 0 Å². The van der Waals surface area contributed by atoms with Crippen LogP contribution >= 0.6 is 22.7 Å². The summed E-state index contributed by atoms with van der Waals surface area (Å²) in [4.78, 5) is 25.6. The van der Waals surface area contributed by atoms with E-state index >= 15 is 0 Å². The van der Waals surface area contributed by atoms with E-state index in [1.54, 1.807) is 37.7 Å². The molecule has 5 rings (SSSR count). The second kappa shape index (κ2) is 7.86. The summed E-state index contributed by atoms with van der Waals surface area (Å²) in [6.07, 6.45) is 1.01. The minimum atomic E-state index is -0.170. The van der Waals surface area contributed by atoms with Crippen LogP contribution in [0.1, 0.15) is 27.2 Å². The van der Waals surface area contributed by atoms with Crippen molar-refractivity contribution in [2.75, 3.05) is 20.8 Å². The van der Waals surface area contributed by atoms with Gasteiger partial charge in [0.25, 0.3) is 5.56 Å². The fourth-order valence-electron chi connectivity index (χ4n) is 4.10. The lowest BCUT2D eigenvalue weighted by Crippen LogP contribution is -2.35. The number of hydrogen-bond acceptors (Lipinski definition) is 7. The van der Waals surface area contributed by atoms with Crippen molar-refractivity contribution in [2.45, 2.75) is 19.0 Å². The highest BCUT2D eigenvalue weighted by Gasteiger charge is 2.30. The van der Waals surface area contributed by atoms with E-state index in [0.29, 0.717) is 34.8 Å². The lowest BCUT2D eigenvalue weighted by molar-refractivity contribution is 0.204. The SMILES string of the molecule is COc1cc2nc(CN3CCc4sccc4[C@@H]3c3cccs3)[nH]c(=O)c2cc1OC. The van der Waals surface area contributed by atoms with Crippen LogP contribution in [0.2, 0.25) is 0 Å². The van der Waals surface area contributed by atoms with Gasteiger partial charge in [-0.25, -0.2) is 4.98 Å². The second-order valence-electron chi connectivity index (χ2n) is 7.17. The molecule has 1 aliphatic rings. The van der Waals surface area contributed by atoms with Crippen LogP contribution in [0.4, 0.5) is 0 Å². The first-order valence-electron chi connectivity index (χ1n) is 9.66. The zero-order chi connectivity index (χ0) is 20.7. The van der Waals surface area contributed by atoms with Gasteiger partial charge < -0.3 is 14.5 Å². The molecule has 4 aromatic rings. The molecule has 1 aromatic carbocycles. The Balaban J connectivity index is 1.54. The fourth-order valence-corrected chi connectivity index (χ4v) is 5.88. The Morgan fingerprint density at radius 3 is 2.77 bits per heavy atom. The van der Waals surface area contributed by atoms with E-state index in [2.05, 4.69) is 38.8 Å². The molecule has 0 bridgehead atoms. The third-order valence-corrected chi connectivity index (χ3v) is 7.41. The van der Waals surface area contributed by atoms with Gasteiger partial charge >= 0.3 is 0 Å². The maximum atomic E-state index is 12.8. The molecule has 0 unspecified atom stereocenters. The highest BCUT2D eigenvalue weighted by Crippen LogP contribution is 2.40. The molecule has 1 N–H and O–H groups in total. The van der Waals surface area contributed by atoms with Gasteiger partial charge in [0.1, 0.15) is 5.82 Å². The van der Waals surface area contributed by atoms with Gasteiger partial charge in [0.05, 0.1) is 37.7 Å². The Bertz CT molecular complexity index is 1250. The highest BCUT2D eigenvalue weighted by atomic mass is 32.1. The van der Waals surface area contributed by atoms with E-state index in [1.807, 2.05) is 11.3 Å². The third-order valence-electron chi connectivity index (χ3n) is 5.49. The Hall–Kier alpha value is -2.68. The monoisotopic (exact) mass is 439 g/mol. The molecule has 0 saturated heterocycles. The molecule has 0 saturated carbocycles. The zero-order valence-corrected chi connectivity index (χ0v) is 18.3. The summed E-state index contributed by atoms with van der Waals surface area (Å²) in [5.74, 6) is 1.73. The summed E-state index contributed by atoms with van der Waals surface area (Å²) in [5.41, 5.74) is 1.80. The Kier molecular flexibility index (Phi) is 5.06. The minimum absolute atomic E-state index is 0.170. The van der Waals surface area contributed by atoms with Gasteiger partial charge in [-0.3, -0.25) is 9.69 Å². The molecule has 6 nitrogen and oxygen atoms in total. The van der Waals surface area contributed by atoms with Crippen molar-refractivity contribution in [1.82, 2.24) is 14.9 Å². The number of nitrogens with one attached hydrogen (secondary N) is 1. The van der Waals surface area contributed by atoms with Crippen molar-refractivity contribution in [1.29, 1.82) is 0 Å². The van der Waals surface area contributed by atoms with Gasteiger partial charge in [0, 0.05) is 22.4 Å². The average molecular weight is 440 g/mol. The molecule has 8 heteroatoms. The van der Waals surface area contributed by atoms with Crippen LogP contribution in [0.15, 0.2) is 45.9 Å². The number of aromatic amines is 1. The molecule has 0 radical (unpaired) electrons. The van der Waals surface area contributed by atoms with E-state index in [0.717, 1.165) is 13.0 Å². The predicted octanol–water partition coefficient (Wildman–Crippen LogP) is 4.21. The molecule has 0 fully saturated rings. The standard InChI is InChI=1S/C22H21N3O3S2/c1-27-16-10-14-15(11-17(16)28-2)23-20(24-22(14)26)12-25-7-5-18-13(6-9-30-18)21(25)19-4-3-8-29-19/h3-4,6,8-11,21H,5,7,12H2,1-2H3,(H,23,24,26)/t21-/m1/s1. The smallest absolute Gasteiger partial charge is 0.258 e. The largest absolute Gasteiger partial charge is 0.493 e. The van der Waals surface area contributed by atoms with Crippen LogP contribution < -0.4 is 15.0 Å². The molecule has 1 atom stereocenters. The third kappa shape index (κ3) is 3.30.